The van der Waals surface area contributed by atoms with E-state index in [-0.39, 0.29) is 17.9 Å². The first-order valence-corrected chi connectivity index (χ1v) is 9.68. The molecule has 2 aromatic rings. The molecule has 0 spiro atoms. The van der Waals surface area contributed by atoms with E-state index in [1.54, 1.807) is 0 Å². The van der Waals surface area contributed by atoms with Crippen LogP contribution in [-0.4, -0.2) is 36.4 Å². The van der Waals surface area contributed by atoms with Crippen LogP contribution in [0.15, 0.2) is 36.5 Å². The fourth-order valence-corrected chi connectivity index (χ4v) is 2.98. The van der Waals surface area contributed by atoms with Crippen LogP contribution in [0.2, 0.25) is 0 Å². The summed E-state index contributed by atoms with van der Waals surface area (Å²) < 4.78 is 55.5. The maximum absolute atomic E-state index is 12.9. The molecule has 0 bridgehead atoms. The first kappa shape index (κ1) is 23.1. The number of methoxy groups -OCH3 is 1. The molecule has 0 saturated carbocycles. The second-order valence-electron chi connectivity index (χ2n) is 8.29. The molecule has 1 N–H and O–H groups in total. The van der Waals surface area contributed by atoms with Crippen LogP contribution in [0.3, 0.4) is 0 Å². The first-order chi connectivity index (χ1) is 14.3. The molecule has 0 radical (unpaired) electrons. The van der Waals surface area contributed by atoms with Gasteiger partial charge < -0.3 is 19.4 Å². The van der Waals surface area contributed by atoms with Crippen molar-refractivity contribution in [2.75, 3.05) is 12.4 Å². The summed E-state index contributed by atoms with van der Waals surface area (Å²) in [6.07, 6.45) is -3.94. The fourth-order valence-electron chi connectivity index (χ4n) is 2.98. The van der Waals surface area contributed by atoms with Crippen LogP contribution >= 0.6 is 0 Å². The summed E-state index contributed by atoms with van der Waals surface area (Å²) in [5, 5.41) is 2.90. The second-order valence-corrected chi connectivity index (χ2v) is 8.29. The Bertz CT molecular complexity index is 946. The van der Waals surface area contributed by atoms with Gasteiger partial charge in [0.05, 0.1) is 23.9 Å². The zero-order chi connectivity index (χ0) is 23.0. The molecule has 0 atom stereocenters. The summed E-state index contributed by atoms with van der Waals surface area (Å²) in [5.74, 6) is -0.896. The topological polar surface area (TPSA) is 69.7 Å². The minimum Gasteiger partial charge on any atom is -0.465 e. The number of carbonyl (C=O) groups excluding carboxylic acids is 1. The zero-order valence-corrected chi connectivity index (χ0v) is 18.0. The lowest BCUT2D eigenvalue weighted by molar-refractivity contribution is -0.137. The van der Waals surface area contributed by atoms with Crippen LogP contribution in [0.25, 0.3) is 0 Å². The summed E-state index contributed by atoms with van der Waals surface area (Å²) in [5.41, 5.74) is -0.521. The molecule has 31 heavy (non-hydrogen) atoms. The number of hydrogen-bond donors (Lipinski definition) is 1. The molecule has 0 unspecified atom stereocenters. The maximum atomic E-state index is 12.9. The Hall–Kier alpha value is -2.59. The third kappa shape index (κ3) is 4.85. The van der Waals surface area contributed by atoms with Crippen molar-refractivity contribution < 1.29 is 32.0 Å². The van der Waals surface area contributed by atoms with Gasteiger partial charge in [-0.1, -0.05) is 24.3 Å². The highest BCUT2D eigenvalue weighted by atomic mass is 19.4. The smallest absolute Gasteiger partial charge is 0.465 e. The van der Waals surface area contributed by atoms with Crippen molar-refractivity contribution >= 4 is 24.4 Å². The van der Waals surface area contributed by atoms with Gasteiger partial charge in [0.25, 0.3) is 0 Å². The van der Waals surface area contributed by atoms with Crippen molar-refractivity contribution in [3.63, 3.8) is 0 Å². The Morgan fingerprint density at radius 3 is 2.23 bits per heavy atom. The second kappa shape index (κ2) is 8.16. The van der Waals surface area contributed by atoms with Crippen molar-refractivity contribution in [3.8, 4) is 0 Å². The molecule has 1 aliphatic rings. The van der Waals surface area contributed by atoms with Gasteiger partial charge in [0.15, 0.2) is 0 Å². The molecule has 2 heterocycles. The number of benzene rings is 1. The average Bonchev–Trinajstić information content (AvgIpc) is 2.92. The van der Waals surface area contributed by atoms with Crippen LogP contribution in [-0.2, 0) is 26.8 Å². The van der Waals surface area contributed by atoms with E-state index in [2.05, 4.69) is 15.0 Å². The molecule has 1 aliphatic heterocycles. The lowest BCUT2D eigenvalue weighted by Crippen LogP contribution is -2.41. The number of esters is 1. The zero-order valence-electron chi connectivity index (χ0n) is 18.0. The maximum Gasteiger partial charge on any atom is 0.494 e. The van der Waals surface area contributed by atoms with Crippen LogP contribution in [0.1, 0.15) is 49.2 Å². The van der Waals surface area contributed by atoms with Crippen molar-refractivity contribution in [1.29, 1.82) is 0 Å². The molecule has 1 aromatic heterocycles. The molecule has 0 amide bonds. The largest absolute Gasteiger partial charge is 0.494 e. The summed E-state index contributed by atoms with van der Waals surface area (Å²) in [4.78, 5) is 15.7. The van der Waals surface area contributed by atoms with E-state index < -0.39 is 36.0 Å². The monoisotopic (exact) mass is 436 g/mol. The van der Waals surface area contributed by atoms with Gasteiger partial charge in [0.1, 0.15) is 11.4 Å². The lowest BCUT2D eigenvalue weighted by atomic mass is 9.79. The highest BCUT2D eigenvalue weighted by Crippen LogP contribution is 2.36. The molecule has 1 saturated heterocycles. The van der Waals surface area contributed by atoms with E-state index in [0.717, 1.165) is 24.2 Å². The molecule has 3 rings (SSSR count). The third-order valence-corrected chi connectivity index (χ3v) is 5.59. The van der Waals surface area contributed by atoms with Crippen LogP contribution < -0.4 is 10.8 Å². The molecular formula is C21H24BF3N2O4. The van der Waals surface area contributed by atoms with Gasteiger partial charge in [-0.25, -0.2) is 9.78 Å². The Balaban J connectivity index is 1.73. The van der Waals surface area contributed by atoms with E-state index >= 15 is 0 Å². The lowest BCUT2D eigenvalue weighted by Gasteiger charge is -2.32. The Labute approximate surface area is 179 Å². The number of anilines is 1. The van der Waals surface area contributed by atoms with Crippen molar-refractivity contribution in [1.82, 2.24) is 4.98 Å². The van der Waals surface area contributed by atoms with Gasteiger partial charge in [-0.15, -0.1) is 0 Å². The number of alkyl halides is 3. The molecule has 1 fully saturated rings. The van der Waals surface area contributed by atoms with Crippen LogP contribution in [0, 0.1) is 0 Å². The highest BCUT2D eigenvalue weighted by Gasteiger charge is 2.51. The Kier molecular flexibility index (Phi) is 6.08. The molecule has 166 valence electrons. The van der Waals surface area contributed by atoms with Gasteiger partial charge in [-0.3, -0.25) is 0 Å². The van der Waals surface area contributed by atoms with E-state index in [4.69, 9.17) is 9.31 Å². The summed E-state index contributed by atoms with van der Waals surface area (Å²) in [6.45, 7) is 8.14. The average molecular weight is 436 g/mol. The van der Waals surface area contributed by atoms with Crippen molar-refractivity contribution in [2.45, 2.75) is 51.6 Å². The fraction of sp³-hybridized carbons (Fsp3) is 0.429. The normalized spacial score (nSPS) is 17.5. The van der Waals surface area contributed by atoms with Gasteiger partial charge in [0, 0.05) is 12.7 Å². The number of rotatable bonds is 5. The van der Waals surface area contributed by atoms with Crippen molar-refractivity contribution in [2.24, 2.45) is 0 Å². The number of halogens is 3. The molecule has 1 aromatic carbocycles. The predicted octanol–water partition coefficient (Wildman–Crippen LogP) is 3.80. The number of hydrogen-bond acceptors (Lipinski definition) is 6. The minimum absolute atomic E-state index is 0.00915. The number of ether oxygens (including phenoxy) is 1. The standard InChI is InChI=1S/C21H24BF3N2O4/c1-19(2)20(3,4)31-22(30-19)15-8-6-13(7-9-15)11-26-17-16(18(28)29-5)10-14(12-27-17)21(23,24)25/h6-10,12H,11H2,1-5H3,(H,26,27). The van der Waals surface area contributed by atoms with E-state index in [0.29, 0.717) is 6.20 Å². The molecule has 0 aliphatic carbocycles. The van der Waals surface area contributed by atoms with Gasteiger partial charge in [-0.05, 0) is 44.8 Å². The van der Waals surface area contributed by atoms with E-state index in [1.807, 2.05) is 52.0 Å². The number of carbonyl (C=O) groups is 1. The Morgan fingerprint density at radius 1 is 1.13 bits per heavy atom. The van der Waals surface area contributed by atoms with Crippen LogP contribution in [0.4, 0.5) is 19.0 Å². The number of nitrogens with one attached hydrogen (secondary N) is 1. The third-order valence-electron chi connectivity index (χ3n) is 5.59. The van der Waals surface area contributed by atoms with Crippen molar-refractivity contribution in [3.05, 3.63) is 53.2 Å². The number of aromatic nitrogens is 1. The quantitative estimate of drug-likeness (QED) is 0.568. The first-order valence-electron chi connectivity index (χ1n) is 9.68. The Morgan fingerprint density at radius 2 is 1.71 bits per heavy atom. The predicted molar refractivity (Wildman–Crippen MR) is 110 cm³/mol. The van der Waals surface area contributed by atoms with E-state index in [9.17, 15) is 18.0 Å². The molecular weight excluding hydrogens is 412 g/mol. The van der Waals surface area contributed by atoms with Gasteiger partial charge >= 0.3 is 19.3 Å². The van der Waals surface area contributed by atoms with Gasteiger partial charge in [0.2, 0.25) is 0 Å². The summed E-state index contributed by atoms with van der Waals surface area (Å²) in [7, 11) is 0.607. The number of pyridine rings is 1. The molecule has 10 heteroatoms. The summed E-state index contributed by atoms with van der Waals surface area (Å²) >= 11 is 0. The molecule has 6 nitrogen and oxygen atoms in total. The number of nitrogens with zero attached hydrogens (tertiary/aromatic N) is 1. The van der Waals surface area contributed by atoms with Gasteiger partial charge in [-0.2, -0.15) is 13.2 Å². The highest BCUT2D eigenvalue weighted by molar-refractivity contribution is 6.62. The summed E-state index contributed by atoms with van der Waals surface area (Å²) in [6, 6.07) is 8.13. The SMILES string of the molecule is COC(=O)c1cc(C(F)(F)F)cnc1NCc1ccc(B2OC(C)(C)C(C)(C)O2)cc1. The van der Waals surface area contributed by atoms with E-state index in [1.165, 1.54) is 0 Å². The van der Waals surface area contributed by atoms with Crippen LogP contribution in [0.5, 0.6) is 0 Å². The minimum atomic E-state index is -4.61.